The first-order valence-corrected chi connectivity index (χ1v) is 6.34. The molecule has 1 N–H and O–H groups in total. The summed E-state index contributed by atoms with van der Waals surface area (Å²) in [6.07, 6.45) is 0.856. The van der Waals surface area contributed by atoms with Crippen LogP contribution in [0.25, 0.3) is 0 Å². The first-order chi connectivity index (χ1) is 8.74. The highest BCUT2D eigenvalue weighted by atomic mass is 16.5. The van der Waals surface area contributed by atoms with Crippen molar-refractivity contribution in [3.05, 3.63) is 30.3 Å². The summed E-state index contributed by atoms with van der Waals surface area (Å²) in [6.45, 7) is 4.43. The van der Waals surface area contributed by atoms with Crippen LogP contribution in [0.3, 0.4) is 0 Å². The number of carbonyl (C=O) groups is 1. The van der Waals surface area contributed by atoms with Crippen LogP contribution in [0.5, 0.6) is 0 Å². The first-order valence-electron chi connectivity index (χ1n) is 6.34. The quantitative estimate of drug-likeness (QED) is 0.714. The van der Waals surface area contributed by atoms with Crippen LogP contribution in [-0.4, -0.2) is 39.3 Å². The highest BCUT2D eigenvalue weighted by Crippen LogP contribution is 2.09. The summed E-state index contributed by atoms with van der Waals surface area (Å²) in [4.78, 5) is 13.6. The summed E-state index contributed by atoms with van der Waals surface area (Å²) in [5, 5.41) is 2.88. The molecule has 4 nitrogen and oxygen atoms in total. The van der Waals surface area contributed by atoms with Crippen molar-refractivity contribution in [1.29, 1.82) is 0 Å². The molecule has 0 aliphatic carbocycles. The lowest BCUT2D eigenvalue weighted by atomic mass is 10.3. The van der Waals surface area contributed by atoms with Gasteiger partial charge in [0.05, 0.1) is 6.54 Å². The van der Waals surface area contributed by atoms with Gasteiger partial charge in [0.25, 0.3) is 0 Å². The van der Waals surface area contributed by atoms with Gasteiger partial charge in [0, 0.05) is 32.5 Å². The van der Waals surface area contributed by atoms with E-state index in [1.54, 1.807) is 0 Å². The number of rotatable bonds is 8. The number of likely N-dealkylation sites (N-methyl/N-ethyl adjacent to an activating group) is 1. The van der Waals surface area contributed by atoms with E-state index in [2.05, 4.69) is 5.32 Å². The predicted molar refractivity (Wildman–Crippen MR) is 73.8 cm³/mol. The minimum absolute atomic E-state index is 0.0397. The molecule has 1 aromatic rings. The molecule has 0 heterocycles. The number of carbonyl (C=O) groups excluding carboxylic acids is 1. The maximum absolute atomic E-state index is 11.7. The van der Waals surface area contributed by atoms with Crippen molar-refractivity contribution in [3.8, 4) is 0 Å². The summed E-state index contributed by atoms with van der Waals surface area (Å²) in [5.41, 5.74) is 1.04. The maximum atomic E-state index is 11.7. The van der Waals surface area contributed by atoms with E-state index in [0.717, 1.165) is 18.7 Å². The molecule has 0 saturated heterocycles. The normalized spacial score (nSPS) is 10.1. The summed E-state index contributed by atoms with van der Waals surface area (Å²) < 4.78 is 5.20. The molecule has 1 rings (SSSR count). The Balaban J connectivity index is 2.20. The van der Waals surface area contributed by atoms with Gasteiger partial charge < -0.3 is 15.0 Å². The summed E-state index contributed by atoms with van der Waals surface area (Å²) >= 11 is 0. The topological polar surface area (TPSA) is 41.6 Å². The number of benzene rings is 1. The first kappa shape index (κ1) is 14.5. The van der Waals surface area contributed by atoms with Gasteiger partial charge in [0.1, 0.15) is 0 Å². The molecule has 1 aromatic carbocycles. The third-order valence-corrected chi connectivity index (χ3v) is 2.57. The van der Waals surface area contributed by atoms with Crippen LogP contribution >= 0.6 is 0 Å². The molecular weight excluding hydrogens is 228 g/mol. The zero-order valence-electron chi connectivity index (χ0n) is 11.2. The Labute approximate surface area is 109 Å². The molecule has 0 fully saturated rings. The van der Waals surface area contributed by atoms with Gasteiger partial charge in [-0.1, -0.05) is 18.2 Å². The standard InChI is InChI=1S/C14H22N2O2/c1-3-18-11-7-10-15-14(17)12-16(2)13-8-5-4-6-9-13/h4-6,8-9H,3,7,10-12H2,1-2H3,(H,15,17). The minimum atomic E-state index is 0.0397. The second-order valence-corrected chi connectivity index (χ2v) is 4.09. The van der Waals surface area contributed by atoms with E-state index in [-0.39, 0.29) is 5.91 Å². The lowest BCUT2D eigenvalue weighted by Gasteiger charge is -2.18. The Morgan fingerprint density at radius 2 is 2.06 bits per heavy atom. The highest BCUT2D eigenvalue weighted by Gasteiger charge is 2.05. The highest BCUT2D eigenvalue weighted by molar-refractivity contribution is 5.81. The SMILES string of the molecule is CCOCCCNC(=O)CN(C)c1ccccc1. The number of nitrogens with zero attached hydrogens (tertiary/aromatic N) is 1. The van der Waals surface area contributed by atoms with E-state index in [0.29, 0.717) is 19.7 Å². The van der Waals surface area contributed by atoms with E-state index in [1.807, 2.05) is 49.2 Å². The van der Waals surface area contributed by atoms with Crippen molar-refractivity contribution in [2.45, 2.75) is 13.3 Å². The Bertz CT molecular complexity index is 341. The summed E-state index contributed by atoms with van der Waals surface area (Å²) in [7, 11) is 1.91. The average molecular weight is 250 g/mol. The van der Waals surface area contributed by atoms with E-state index >= 15 is 0 Å². The van der Waals surface area contributed by atoms with Gasteiger partial charge in [-0.25, -0.2) is 0 Å². The van der Waals surface area contributed by atoms with E-state index in [9.17, 15) is 4.79 Å². The largest absolute Gasteiger partial charge is 0.382 e. The Morgan fingerprint density at radius 1 is 1.33 bits per heavy atom. The monoisotopic (exact) mass is 250 g/mol. The number of anilines is 1. The van der Waals surface area contributed by atoms with Crippen molar-refractivity contribution in [2.24, 2.45) is 0 Å². The van der Waals surface area contributed by atoms with Gasteiger partial charge >= 0.3 is 0 Å². The smallest absolute Gasteiger partial charge is 0.239 e. The number of ether oxygens (including phenoxy) is 1. The molecule has 100 valence electrons. The number of amides is 1. The Morgan fingerprint density at radius 3 is 2.72 bits per heavy atom. The van der Waals surface area contributed by atoms with Crippen molar-refractivity contribution in [1.82, 2.24) is 5.32 Å². The van der Waals surface area contributed by atoms with Crippen molar-refractivity contribution < 1.29 is 9.53 Å². The molecule has 0 aliphatic heterocycles. The third kappa shape index (κ3) is 5.68. The van der Waals surface area contributed by atoms with E-state index < -0.39 is 0 Å². The fourth-order valence-electron chi connectivity index (χ4n) is 1.59. The average Bonchev–Trinajstić information content (AvgIpc) is 2.39. The van der Waals surface area contributed by atoms with Crippen LogP contribution in [0, 0.1) is 0 Å². The van der Waals surface area contributed by atoms with Gasteiger partial charge in [-0.15, -0.1) is 0 Å². The predicted octanol–water partition coefficient (Wildman–Crippen LogP) is 1.67. The number of para-hydroxylation sites is 1. The molecule has 0 saturated carbocycles. The second kappa shape index (κ2) is 8.53. The Kier molecular flexibility index (Phi) is 6.87. The Hall–Kier alpha value is -1.55. The van der Waals surface area contributed by atoms with Crippen LogP contribution in [0.15, 0.2) is 30.3 Å². The van der Waals surface area contributed by atoms with Crippen molar-refractivity contribution in [3.63, 3.8) is 0 Å². The van der Waals surface area contributed by atoms with Crippen molar-refractivity contribution in [2.75, 3.05) is 38.3 Å². The van der Waals surface area contributed by atoms with Crippen LogP contribution in [0.4, 0.5) is 5.69 Å². The summed E-state index contributed by atoms with van der Waals surface area (Å²) in [6, 6.07) is 9.87. The number of nitrogens with one attached hydrogen (secondary N) is 1. The fourth-order valence-corrected chi connectivity index (χ4v) is 1.59. The second-order valence-electron chi connectivity index (χ2n) is 4.09. The summed E-state index contributed by atoms with van der Waals surface area (Å²) in [5.74, 6) is 0.0397. The van der Waals surface area contributed by atoms with E-state index in [1.165, 1.54) is 0 Å². The molecule has 0 spiro atoms. The molecule has 18 heavy (non-hydrogen) atoms. The molecule has 0 bridgehead atoms. The lowest BCUT2D eigenvalue weighted by molar-refractivity contribution is -0.119. The van der Waals surface area contributed by atoms with Gasteiger partial charge in [0.15, 0.2) is 0 Å². The molecule has 0 aromatic heterocycles. The molecular formula is C14H22N2O2. The molecule has 0 atom stereocenters. The van der Waals surface area contributed by atoms with Crippen molar-refractivity contribution >= 4 is 11.6 Å². The minimum Gasteiger partial charge on any atom is -0.382 e. The molecule has 0 aliphatic rings. The molecule has 0 radical (unpaired) electrons. The van der Waals surface area contributed by atoms with E-state index in [4.69, 9.17) is 4.74 Å². The molecule has 0 unspecified atom stereocenters. The number of hydrogen-bond donors (Lipinski definition) is 1. The molecule has 1 amide bonds. The van der Waals surface area contributed by atoms with Crippen LogP contribution in [-0.2, 0) is 9.53 Å². The van der Waals surface area contributed by atoms with Gasteiger partial charge in [-0.05, 0) is 25.5 Å². The third-order valence-electron chi connectivity index (χ3n) is 2.57. The zero-order chi connectivity index (χ0) is 13.2. The lowest BCUT2D eigenvalue weighted by Crippen LogP contribution is -2.35. The fraction of sp³-hybridized carbons (Fsp3) is 0.500. The van der Waals surface area contributed by atoms with Crippen LogP contribution in [0.1, 0.15) is 13.3 Å². The van der Waals surface area contributed by atoms with Gasteiger partial charge in [0.2, 0.25) is 5.91 Å². The van der Waals surface area contributed by atoms with Gasteiger partial charge in [-0.2, -0.15) is 0 Å². The van der Waals surface area contributed by atoms with Crippen LogP contribution < -0.4 is 10.2 Å². The van der Waals surface area contributed by atoms with Crippen LogP contribution in [0.2, 0.25) is 0 Å². The number of hydrogen-bond acceptors (Lipinski definition) is 3. The van der Waals surface area contributed by atoms with Gasteiger partial charge in [-0.3, -0.25) is 4.79 Å². The maximum Gasteiger partial charge on any atom is 0.239 e. The molecule has 4 heteroatoms. The zero-order valence-corrected chi connectivity index (χ0v) is 11.2.